The molecule has 244 valence electrons. The summed E-state index contributed by atoms with van der Waals surface area (Å²) in [7, 11) is 0. The summed E-state index contributed by atoms with van der Waals surface area (Å²) in [6, 6.07) is 8.92. The van der Waals surface area contributed by atoms with Crippen LogP contribution in [0.2, 0.25) is 0 Å². The fourth-order valence-corrected chi connectivity index (χ4v) is 6.40. The molecule has 2 aromatic carbocycles. The Kier molecular flexibility index (Phi) is 15.2. The van der Waals surface area contributed by atoms with Crippen LogP contribution in [0.5, 0.6) is 11.5 Å². The van der Waals surface area contributed by atoms with Crippen molar-refractivity contribution in [3.05, 3.63) is 58.1 Å². The van der Waals surface area contributed by atoms with Gasteiger partial charge in [-0.05, 0) is 108 Å². The van der Waals surface area contributed by atoms with Gasteiger partial charge in [0.15, 0.2) is 0 Å². The first-order valence-corrected chi connectivity index (χ1v) is 17.2. The predicted molar refractivity (Wildman–Crippen MR) is 179 cm³/mol. The number of carboxylic acid groups (broad SMARTS) is 2. The summed E-state index contributed by atoms with van der Waals surface area (Å²) in [4.78, 5) is 29.8. The second-order valence-corrected chi connectivity index (χ2v) is 12.3. The van der Waals surface area contributed by atoms with E-state index in [2.05, 4.69) is 37.5 Å². The Morgan fingerprint density at radius 2 is 1.16 bits per heavy atom. The summed E-state index contributed by atoms with van der Waals surface area (Å²) in [6.45, 7) is 15.3. The standard InChI is InChI=1S/C37H56N2O5/c1-5-9-22-38(23-10-6-2)26-14-16-28-20-21-32(37(42)43)35-33(28)29(19-15-27-39(24-11-7-3)25-12-8-4)30-17-13-18-31(36(40)41)34(30)44-35/h13,17-18,20-21,29H,5-12,14-16,19,22-27H2,1-4H3,(H,40,41)(H,42,43). The minimum absolute atomic E-state index is 0.0786. The van der Waals surface area contributed by atoms with Crippen molar-refractivity contribution in [1.82, 2.24) is 9.80 Å². The highest BCUT2D eigenvalue weighted by Crippen LogP contribution is 2.50. The smallest absolute Gasteiger partial charge is 0.339 e. The predicted octanol–water partition coefficient (Wildman–Crippen LogP) is 8.84. The Balaban J connectivity index is 1.97. The molecule has 44 heavy (non-hydrogen) atoms. The first kappa shape index (κ1) is 35.6. The summed E-state index contributed by atoms with van der Waals surface area (Å²) in [5.74, 6) is -1.64. The number of ether oxygens (including phenoxy) is 1. The SMILES string of the molecule is CCCCN(CCCC)CCCc1ccc(C(=O)O)c2c1C(CCCN(CCCC)CCCC)c1cccc(C(=O)O)c1O2. The summed E-state index contributed by atoms with van der Waals surface area (Å²) in [5, 5.41) is 20.2. The number of rotatable bonds is 22. The molecular formula is C37H56N2O5. The van der Waals surface area contributed by atoms with Crippen LogP contribution >= 0.6 is 0 Å². The van der Waals surface area contributed by atoms with Gasteiger partial charge >= 0.3 is 11.9 Å². The van der Waals surface area contributed by atoms with Crippen LogP contribution in [0.15, 0.2) is 30.3 Å². The zero-order valence-corrected chi connectivity index (χ0v) is 27.7. The molecule has 1 aliphatic rings. The molecule has 1 heterocycles. The molecule has 0 radical (unpaired) electrons. The molecule has 0 spiro atoms. The highest BCUT2D eigenvalue weighted by atomic mass is 16.5. The van der Waals surface area contributed by atoms with Gasteiger partial charge in [0.2, 0.25) is 0 Å². The van der Waals surface area contributed by atoms with Crippen LogP contribution in [0, 0.1) is 0 Å². The first-order valence-electron chi connectivity index (χ1n) is 17.2. The fraction of sp³-hybridized carbons (Fsp3) is 0.622. The van der Waals surface area contributed by atoms with Crippen molar-refractivity contribution >= 4 is 11.9 Å². The van der Waals surface area contributed by atoms with E-state index in [4.69, 9.17) is 4.74 Å². The van der Waals surface area contributed by atoms with E-state index in [1.54, 1.807) is 18.2 Å². The normalized spacial score (nSPS) is 14.0. The molecule has 7 heteroatoms. The summed E-state index contributed by atoms with van der Waals surface area (Å²) < 4.78 is 6.32. The number of nitrogens with zero attached hydrogens (tertiary/aromatic N) is 2. The average Bonchev–Trinajstić information content (AvgIpc) is 3.02. The molecule has 0 bridgehead atoms. The van der Waals surface area contributed by atoms with Crippen molar-refractivity contribution in [2.45, 2.75) is 111 Å². The second kappa shape index (κ2) is 18.8. The average molecular weight is 609 g/mol. The number of unbranched alkanes of at least 4 members (excludes halogenated alkanes) is 4. The molecule has 0 amide bonds. The van der Waals surface area contributed by atoms with Crippen LogP contribution in [0.3, 0.4) is 0 Å². The van der Waals surface area contributed by atoms with Gasteiger partial charge in [-0.15, -0.1) is 0 Å². The number of hydrogen-bond donors (Lipinski definition) is 2. The van der Waals surface area contributed by atoms with Crippen LogP contribution in [0.4, 0.5) is 0 Å². The number of carbonyl (C=O) groups is 2. The van der Waals surface area contributed by atoms with Crippen LogP contribution in [-0.2, 0) is 6.42 Å². The molecule has 0 saturated carbocycles. The van der Waals surface area contributed by atoms with Gasteiger partial charge in [-0.1, -0.05) is 71.6 Å². The van der Waals surface area contributed by atoms with Gasteiger partial charge in [0, 0.05) is 17.0 Å². The van der Waals surface area contributed by atoms with Gasteiger partial charge in [-0.3, -0.25) is 0 Å². The fourth-order valence-electron chi connectivity index (χ4n) is 6.40. The maximum Gasteiger partial charge on any atom is 0.339 e. The third-order valence-electron chi connectivity index (χ3n) is 8.92. The molecule has 0 aromatic heterocycles. The van der Waals surface area contributed by atoms with E-state index >= 15 is 0 Å². The molecule has 3 rings (SSSR count). The van der Waals surface area contributed by atoms with E-state index in [-0.39, 0.29) is 22.8 Å². The third kappa shape index (κ3) is 9.80. The lowest BCUT2D eigenvalue weighted by Crippen LogP contribution is -2.28. The molecule has 1 atom stereocenters. The number of para-hydroxylation sites is 1. The first-order chi connectivity index (χ1) is 21.4. The van der Waals surface area contributed by atoms with Crippen molar-refractivity contribution in [3.63, 3.8) is 0 Å². The Labute approximate surface area is 265 Å². The van der Waals surface area contributed by atoms with Gasteiger partial charge in [-0.25, -0.2) is 9.59 Å². The van der Waals surface area contributed by atoms with E-state index in [1.807, 2.05) is 12.1 Å². The number of hydrogen-bond acceptors (Lipinski definition) is 5. The highest BCUT2D eigenvalue weighted by molar-refractivity contribution is 5.95. The van der Waals surface area contributed by atoms with E-state index in [1.165, 1.54) is 38.5 Å². The van der Waals surface area contributed by atoms with Crippen molar-refractivity contribution in [3.8, 4) is 11.5 Å². The van der Waals surface area contributed by atoms with Crippen molar-refractivity contribution < 1.29 is 24.5 Å². The van der Waals surface area contributed by atoms with E-state index in [9.17, 15) is 19.8 Å². The zero-order valence-electron chi connectivity index (χ0n) is 27.7. The number of carboxylic acids is 2. The van der Waals surface area contributed by atoms with E-state index in [0.717, 1.165) is 94.5 Å². The molecule has 2 N–H and O–H groups in total. The molecule has 1 aliphatic heterocycles. The molecule has 7 nitrogen and oxygen atoms in total. The monoisotopic (exact) mass is 608 g/mol. The Morgan fingerprint density at radius 1 is 0.659 bits per heavy atom. The molecule has 0 saturated heterocycles. The molecule has 1 unspecified atom stereocenters. The Hall–Kier alpha value is -2.90. The van der Waals surface area contributed by atoms with Gasteiger partial charge in [0.05, 0.1) is 0 Å². The molecule has 0 fully saturated rings. The maximum absolute atomic E-state index is 12.4. The van der Waals surface area contributed by atoms with Gasteiger partial charge in [0.25, 0.3) is 0 Å². The van der Waals surface area contributed by atoms with E-state index < -0.39 is 11.9 Å². The van der Waals surface area contributed by atoms with Gasteiger partial charge < -0.3 is 24.7 Å². The quantitative estimate of drug-likeness (QED) is 0.138. The van der Waals surface area contributed by atoms with Crippen LogP contribution < -0.4 is 4.74 Å². The zero-order chi connectivity index (χ0) is 31.9. The van der Waals surface area contributed by atoms with E-state index in [0.29, 0.717) is 5.75 Å². The number of benzene rings is 2. The summed E-state index contributed by atoms with van der Waals surface area (Å²) >= 11 is 0. The van der Waals surface area contributed by atoms with Crippen LogP contribution in [0.25, 0.3) is 0 Å². The minimum Gasteiger partial charge on any atom is -0.478 e. The lowest BCUT2D eigenvalue weighted by molar-refractivity contribution is 0.0687. The molecular weight excluding hydrogens is 552 g/mol. The van der Waals surface area contributed by atoms with Gasteiger partial charge in [0.1, 0.15) is 22.6 Å². The number of aryl methyl sites for hydroxylation is 1. The molecule has 2 aromatic rings. The Morgan fingerprint density at radius 3 is 1.68 bits per heavy atom. The van der Waals surface area contributed by atoms with Crippen LogP contribution in [-0.4, -0.2) is 71.2 Å². The third-order valence-corrected chi connectivity index (χ3v) is 8.92. The lowest BCUT2D eigenvalue weighted by Gasteiger charge is -2.33. The van der Waals surface area contributed by atoms with Crippen molar-refractivity contribution in [2.24, 2.45) is 0 Å². The number of fused-ring (bicyclic) bond motifs is 2. The summed E-state index contributed by atoms with van der Waals surface area (Å²) in [6.07, 6.45) is 13.0. The lowest BCUT2D eigenvalue weighted by atomic mass is 9.79. The van der Waals surface area contributed by atoms with Crippen molar-refractivity contribution in [1.29, 1.82) is 0 Å². The summed E-state index contributed by atoms with van der Waals surface area (Å²) in [5.41, 5.74) is 3.07. The largest absolute Gasteiger partial charge is 0.478 e. The minimum atomic E-state index is -1.07. The maximum atomic E-state index is 12.4. The molecule has 0 aliphatic carbocycles. The topological polar surface area (TPSA) is 90.3 Å². The van der Waals surface area contributed by atoms with Gasteiger partial charge in [-0.2, -0.15) is 0 Å². The highest BCUT2D eigenvalue weighted by Gasteiger charge is 2.35. The van der Waals surface area contributed by atoms with Crippen molar-refractivity contribution in [2.75, 3.05) is 39.3 Å². The second-order valence-electron chi connectivity index (χ2n) is 12.3. The number of aromatic carboxylic acids is 2. The van der Waals surface area contributed by atoms with Crippen LogP contribution in [0.1, 0.15) is 142 Å². The Bertz CT molecular complexity index is 1180.